The number of morpholine rings is 1. The number of carbonyl (C=O) groups is 2. The SMILES string of the molecule is CCOC(=O)Cc1csc(SN(C[C@@H]2CN(C3c4ccc5cc(F)ccc5c43)CCO2)C(C)=O)n1. The Hall–Kier alpha value is -2.53. The van der Waals surface area contributed by atoms with Crippen molar-refractivity contribution in [3.63, 3.8) is 0 Å². The maximum Gasteiger partial charge on any atom is 0.311 e. The quantitative estimate of drug-likeness (QED) is 0.329. The van der Waals surface area contributed by atoms with Crippen LogP contribution in [0.25, 0.3) is 10.8 Å². The lowest BCUT2D eigenvalue weighted by Crippen LogP contribution is -2.46. The number of thiazole rings is 1. The van der Waals surface area contributed by atoms with E-state index in [4.69, 9.17) is 9.47 Å². The number of hydrogen-bond donors (Lipinski definition) is 0. The van der Waals surface area contributed by atoms with Gasteiger partial charge in [0.05, 0.1) is 44.0 Å². The van der Waals surface area contributed by atoms with Gasteiger partial charge in [0.15, 0.2) is 4.34 Å². The molecule has 0 radical (unpaired) electrons. The normalized spacial score (nSPS) is 19.4. The zero-order chi connectivity index (χ0) is 24.5. The molecule has 3 aromatic rings. The third-order valence-electron chi connectivity index (χ3n) is 6.15. The number of rotatable bonds is 8. The Balaban J connectivity index is 1.22. The maximum absolute atomic E-state index is 13.6. The number of carbonyl (C=O) groups excluding carboxylic acids is 2. The molecule has 0 bridgehead atoms. The Morgan fingerprint density at radius 3 is 3.00 bits per heavy atom. The van der Waals surface area contributed by atoms with Crippen LogP contribution in [-0.2, 0) is 25.5 Å². The van der Waals surface area contributed by atoms with Crippen molar-refractivity contribution in [3.05, 3.63) is 58.3 Å². The second-order valence-corrected chi connectivity index (χ2v) is 10.7. The third-order valence-corrected chi connectivity index (χ3v) is 8.22. The number of benzene rings is 2. The van der Waals surface area contributed by atoms with Crippen molar-refractivity contribution in [1.82, 2.24) is 14.2 Å². The highest BCUT2D eigenvalue weighted by atomic mass is 32.2. The van der Waals surface area contributed by atoms with Gasteiger partial charge in [-0.15, -0.1) is 11.3 Å². The first-order valence-corrected chi connectivity index (χ1v) is 13.2. The summed E-state index contributed by atoms with van der Waals surface area (Å²) in [5, 5.41) is 3.83. The van der Waals surface area contributed by atoms with Gasteiger partial charge < -0.3 is 9.47 Å². The fraction of sp³-hybridized carbons (Fsp3) is 0.400. The van der Waals surface area contributed by atoms with E-state index in [2.05, 4.69) is 16.0 Å². The first kappa shape index (κ1) is 24.2. The summed E-state index contributed by atoms with van der Waals surface area (Å²) in [7, 11) is 0. The van der Waals surface area contributed by atoms with Crippen LogP contribution < -0.4 is 0 Å². The minimum atomic E-state index is -0.313. The van der Waals surface area contributed by atoms with Crippen LogP contribution in [0.4, 0.5) is 4.39 Å². The largest absolute Gasteiger partial charge is 0.466 e. The Morgan fingerprint density at radius 2 is 2.20 bits per heavy atom. The summed E-state index contributed by atoms with van der Waals surface area (Å²) < 4.78 is 27.0. The van der Waals surface area contributed by atoms with Gasteiger partial charge >= 0.3 is 5.97 Å². The van der Waals surface area contributed by atoms with Crippen LogP contribution in [0, 0.1) is 5.82 Å². The molecule has 1 aromatic heterocycles. The molecule has 1 saturated heterocycles. The minimum absolute atomic E-state index is 0.0828. The molecule has 2 heterocycles. The molecule has 0 spiro atoms. The van der Waals surface area contributed by atoms with E-state index < -0.39 is 0 Å². The second-order valence-electron chi connectivity index (χ2n) is 8.58. The molecule has 1 unspecified atom stereocenters. The predicted octanol–water partition coefficient (Wildman–Crippen LogP) is 4.20. The third kappa shape index (κ3) is 5.35. The Bertz CT molecular complexity index is 1270. The molecule has 5 rings (SSSR count). The summed E-state index contributed by atoms with van der Waals surface area (Å²) >= 11 is 2.67. The van der Waals surface area contributed by atoms with Crippen LogP contribution in [0.15, 0.2) is 40.1 Å². The highest BCUT2D eigenvalue weighted by Gasteiger charge is 2.41. The zero-order valence-electron chi connectivity index (χ0n) is 19.5. The number of aromatic nitrogens is 1. The highest BCUT2D eigenvalue weighted by Crippen LogP contribution is 2.50. The fourth-order valence-electron chi connectivity index (χ4n) is 4.55. The van der Waals surface area contributed by atoms with Crippen molar-refractivity contribution < 1.29 is 23.5 Å². The average Bonchev–Trinajstić information content (AvgIpc) is 3.41. The maximum atomic E-state index is 13.6. The molecule has 0 N–H and O–H groups in total. The van der Waals surface area contributed by atoms with Gasteiger partial charge in [-0.2, -0.15) is 0 Å². The number of nitrogens with zero attached hydrogens (tertiary/aromatic N) is 3. The van der Waals surface area contributed by atoms with E-state index in [0.29, 0.717) is 36.3 Å². The lowest BCUT2D eigenvalue weighted by molar-refractivity contribution is -0.142. The number of esters is 1. The Labute approximate surface area is 211 Å². The van der Waals surface area contributed by atoms with Crippen molar-refractivity contribution in [2.24, 2.45) is 0 Å². The first-order chi connectivity index (χ1) is 16.9. The van der Waals surface area contributed by atoms with E-state index in [1.807, 2.05) is 17.5 Å². The number of hydrogen-bond acceptors (Lipinski definition) is 8. The molecule has 10 heteroatoms. The van der Waals surface area contributed by atoms with Crippen LogP contribution in [0.1, 0.15) is 36.7 Å². The molecule has 2 atom stereocenters. The monoisotopic (exact) mass is 515 g/mol. The number of ether oxygens (including phenoxy) is 2. The first-order valence-electron chi connectivity index (χ1n) is 11.6. The van der Waals surface area contributed by atoms with Crippen LogP contribution in [-0.4, -0.2) is 65.0 Å². The molecule has 2 aliphatic rings. The van der Waals surface area contributed by atoms with Crippen LogP contribution in [0.3, 0.4) is 0 Å². The van der Waals surface area contributed by atoms with Crippen molar-refractivity contribution in [1.29, 1.82) is 0 Å². The molecule has 1 amide bonds. The summed E-state index contributed by atoms with van der Waals surface area (Å²) in [4.78, 5) is 30.9. The molecule has 1 aliphatic carbocycles. The Kier molecular flexibility index (Phi) is 7.06. The smallest absolute Gasteiger partial charge is 0.311 e. The number of halogens is 1. The van der Waals surface area contributed by atoms with Gasteiger partial charge in [-0.25, -0.2) is 9.37 Å². The molecule has 35 heavy (non-hydrogen) atoms. The summed E-state index contributed by atoms with van der Waals surface area (Å²) in [6.07, 6.45) is -0.0192. The molecular weight excluding hydrogens is 489 g/mol. The van der Waals surface area contributed by atoms with Crippen LogP contribution >= 0.6 is 23.3 Å². The molecule has 184 valence electrons. The minimum Gasteiger partial charge on any atom is -0.466 e. The molecule has 1 aliphatic heterocycles. The standard InChI is InChI=1S/C25H26FN3O4S2/c1-3-32-22(31)11-18-14-34-25(27-18)35-29(15(2)30)13-19-12-28(8-9-33-19)24-21-6-4-16-10-17(26)5-7-20(16)23(21)24/h4-7,10,14,19,24H,3,8-9,11-13H2,1-2H3/t19-,24?/m0/s1. The molecule has 0 saturated carbocycles. The van der Waals surface area contributed by atoms with E-state index in [1.54, 1.807) is 17.3 Å². The van der Waals surface area contributed by atoms with E-state index >= 15 is 0 Å². The van der Waals surface area contributed by atoms with E-state index in [9.17, 15) is 14.0 Å². The lowest BCUT2D eigenvalue weighted by Gasteiger charge is -2.35. The van der Waals surface area contributed by atoms with Crippen molar-refractivity contribution >= 4 is 45.9 Å². The predicted molar refractivity (Wildman–Crippen MR) is 133 cm³/mol. The summed E-state index contributed by atoms with van der Waals surface area (Å²) in [5.74, 6) is -0.621. The van der Waals surface area contributed by atoms with Gasteiger partial charge in [-0.3, -0.25) is 18.8 Å². The second kappa shape index (κ2) is 10.2. The van der Waals surface area contributed by atoms with E-state index in [1.165, 1.54) is 47.4 Å². The van der Waals surface area contributed by atoms with Gasteiger partial charge in [-0.05, 0) is 41.0 Å². The topological polar surface area (TPSA) is 72.0 Å². The molecular formula is C25H26FN3O4S2. The van der Waals surface area contributed by atoms with Crippen molar-refractivity contribution in [2.75, 3.05) is 32.8 Å². The molecule has 2 aromatic carbocycles. The highest BCUT2D eigenvalue weighted by molar-refractivity contribution is 7.99. The van der Waals surface area contributed by atoms with Gasteiger partial charge in [0, 0.05) is 37.3 Å². The van der Waals surface area contributed by atoms with Gasteiger partial charge in [-0.1, -0.05) is 18.2 Å². The van der Waals surface area contributed by atoms with Gasteiger partial charge in [0.25, 0.3) is 0 Å². The average molecular weight is 516 g/mol. The van der Waals surface area contributed by atoms with Gasteiger partial charge in [0.2, 0.25) is 5.91 Å². The van der Waals surface area contributed by atoms with E-state index in [-0.39, 0.29) is 36.3 Å². The number of fused-ring (bicyclic) bond motifs is 3. The molecule has 1 fully saturated rings. The lowest BCUT2D eigenvalue weighted by atomic mass is 10.1. The summed E-state index contributed by atoms with van der Waals surface area (Å²) in [6.45, 7) is 6.14. The Morgan fingerprint density at radius 1 is 1.34 bits per heavy atom. The van der Waals surface area contributed by atoms with Crippen molar-refractivity contribution in [3.8, 4) is 0 Å². The van der Waals surface area contributed by atoms with E-state index in [0.717, 1.165) is 17.3 Å². The zero-order valence-corrected chi connectivity index (χ0v) is 21.2. The van der Waals surface area contributed by atoms with Crippen LogP contribution in [0.2, 0.25) is 0 Å². The van der Waals surface area contributed by atoms with Gasteiger partial charge in [0.1, 0.15) is 5.82 Å². The number of amides is 1. The van der Waals surface area contributed by atoms with Crippen molar-refractivity contribution in [2.45, 2.75) is 36.8 Å². The summed E-state index contributed by atoms with van der Waals surface area (Å²) in [6, 6.07) is 9.23. The fourth-order valence-corrected chi connectivity index (χ4v) is 6.40. The molecule has 7 nitrogen and oxygen atoms in total. The summed E-state index contributed by atoms with van der Waals surface area (Å²) in [5.41, 5.74) is 3.18. The van der Waals surface area contributed by atoms with Crippen LogP contribution in [0.5, 0.6) is 0 Å².